The van der Waals surface area contributed by atoms with Gasteiger partial charge in [0.05, 0.1) is 24.2 Å². The SMILES string of the molecule is CCCOc1cccc(OCCC)c1C=CC(=O)c1ccc(OC(=O)C(C)(C)C)cc1. The lowest BCUT2D eigenvalue weighted by molar-refractivity contribution is -0.142. The van der Waals surface area contributed by atoms with E-state index in [0.717, 1.165) is 18.4 Å². The lowest BCUT2D eigenvalue weighted by atomic mass is 9.97. The summed E-state index contributed by atoms with van der Waals surface area (Å²) in [6.45, 7) is 10.6. The quantitative estimate of drug-likeness (QED) is 0.199. The molecule has 0 bridgehead atoms. The molecule has 0 spiro atoms. The van der Waals surface area contributed by atoms with E-state index in [1.165, 1.54) is 6.08 Å². The molecule has 0 saturated heterocycles. The van der Waals surface area contributed by atoms with Crippen molar-refractivity contribution in [2.75, 3.05) is 13.2 Å². The number of allylic oxidation sites excluding steroid dienone is 1. The molecule has 0 aromatic heterocycles. The first kappa shape index (κ1) is 24.2. The molecule has 0 radical (unpaired) electrons. The first-order valence-corrected chi connectivity index (χ1v) is 10.7. The molecule has 0 aliphatic carbocycles. The molecular formula is C26H32O5. The Morgan fingerprint density at radius 2 is 1.42 bits per heavy atom. The van der Waals surface area contributed by atoms with Crippen molar-refractivity contribution in [2.45, 2.75) is 47.5 Å². The fourth-order valence-electron chi connectivity index (χ4n) is 2.57. The van der Waals surface area contributed by atoms with Crippen LogP contribution in [0.25, 0.3) is 6.08 Å². The zero-order valence-corrected chi connectivity index (χ0v) is 19.1. The van der Waals surface area contributed by atoms with Crippen molar-refractivity contribution < 1.29 is 23.8 Å². The number of benzene rings is 2. The van der Waals surface area contributed by atoms with E-state index in [1.807, 2.05) is 32.0 Å². The Kier molecular flexibility index (Phi) is 8.86. The fourth-order valence-corrected chi connectivity index (χ4v) is 2.57. The summed E-state index contributed by atoms with van der Waals surface area (Å²) in [7, 11) is 0. The van der Waals surface area contributed by atoms with Crippen LogP contribution in [0.5, 0.6) is 17.2 Å². The van der Waals surface area contributed by atoms with Gasteiger partial charge in [-0.3, -0.25) is 9.59 Å². The van der Waals surface area contributed by atoms with Crippen LogP contribution in [-0.4, -0.2) is 25.0 Å². The molecule has 0 atom stereocenters. The van der Waals surface area contributed by atoms with Gasteiger partial charge in [0.25, 0.3) is 0 Å². The van der Waals surface area contributed by atoms with E-state index in [2.05, 4.69) is 0 Å². The highest BCUT2D eigenvalue weighted by atomic mass is 16.5. The van der Waals surface area contributed by atoms with Crippen molar-refractivity contribution in [3.63, 3.8) is 0 Å². The van der Waals surface area contributed by atoms with Gasteiger partial charge in [-0.1, -0.05) is 19.9 Å². The molecule has 0 aliphatic rings. The van der Waals surface area contributed by atoms with Gasteiger partial charge in [0.2, 0.25) is 0 Å². The molecule has 2 aromatic rings. The summed E-state index contributed by atoms with van der Waals surface area (Å²) < 4.78 is 17.0. The van der Waals surface area contributed by atoms with Gasteiger partial charge in [-0.25, -0.2) is 0 Å². The standard InChI is InChI=1S/C26H32O5/c1-6-17-29-23-9-8-10-24(30-18-7-2)21(23)15-16-22(27)19-11-13-20(14-12-19)31-25(28)26(3,4)5/h8-16H,6-7,17-18H2,1-5H3. The molecule has 166 valence electrons. The van der Waals surface area contributed by atoms with Crippen LogP contribution in [0.15, 0.2) is 48.5 Å². The minimum Gasteiger partial charge on any atom is -0.493 e. The second kappa shape index (κ2) is 11.3. The number of ketones is 1. The van der Waals surface area contributed by atoms with Crippen molar-refractivity contribution in [3.8, 4) is 17.2 Å². The molecule has 2 aromatic carbocycles. The van der Waals surface area contributed by atoms with Crippen LogP contribution in [0.1, 0.15) is 63.4 Å². The highest BCUT2D eigenvalue weighted by molar-refractivity contribution is 6.07. The lowest BCUT2D eigenvalue weighted by Gasteiger charge is -2.16. The zero-order valence-electron chi connectivity index (χ0n) is 19.1. The molecule has 0 saturated carbocycles. The van der Waals surface area contributed by atoms with E-state index < -0.39 is 5.41 Å². The van der Waals surface area contributed by atoms with Crippen molar-refractivity contribution in [3.05, 3.63) is 59.7 Å². The molecule has 31 heavy (non-hydrogen) atoms. The predicted molar refractivity (Wildman–Crippen MR) is 123 cm³/mol. The maximum Gasteiger partial charge on any atom is 0.316 e. The Morgan fingerprint density at radius 1 is 0.871 bits per heavy atom. The molecule has 0 heterocycles. The van der Waals surface area contributed by atoms with E-state index in [1.54, 1.807) is 51.1 Å². The second-order valence-electron chi connectivity index (χ2n) is 8.23. The topological polar surface area (TPSA) is 61.8 Å². The van der Waals surface area contributed by atoms with Gasteiger partial charge in [0, 0.05) is 5.56 Å². The predicted octanol–water partition coefficient (Wildman–Crippen LogP) is 6.11. The molecular weight excluding hydrogens is 392 g/mol. The maximum absolute atomic E-state index is 12.7. The van der Waals surface area contributed by atoms with E-state index in [0.29, 0.717) is 36.0 Å². The minimum atomic E-state index is -0.595. The summed E-state index contributed by atoms with van der Waals surface area (Å²) in [5.74, 6) is 1.29. The van der Waals surface area contributed by atoms with Crippen molar-refractivity contribution in [2.24, 2.45) is 5.41 Å². The van der Waals surface area contributed by atoms with Crippen molar-refractivity contribution in [1.29, 1.82) is 0 Å². The normalized spacial score (nSPS) is 11.4. The molecule has 5 heteroatoms. The molecule has 0 aliphatic heterocycles. The smallest absolute Gasteiger partial charge is 0.316 e. The average Bonchev–Trinajstić information content (AvgIpc) is 2.74. The Labute approximate surface area is 185 Å². The number of hydrogen-bond acceptors (Lipinski definition) is 5. The lowest BCUT2D eigenvalue weighted by Crippen LogP contribution is -2.25. The first-order valence-electron chi connectivity index (χ1n) is 10.7. The molecule has 0 fully saturated rings. The number of ether oxygens (including phenoxy) is 3. The van der Waals surface area contributed by atoms with Crippen LogP contribution >= 0.6 is 0 Å². The highest BCUT2D eigenvalue weighted by Gasteiger charge is 2.23. The van der Waals surface area contributed by atoms with Crippen LogP contribution in [-0.2, 0) is 4.79 Å². The van der Waals surface area contributed by atoms with Gasteiger partial charge in [0.15, 0.2) is 5.78 Å². The summed E-state index contributed by atoms with van der Waals surface area (Å²) in [5, 5.41) is 0. The Hall–Kier alpha value is -3.08. The van der Waals surface area contributed by atoms with Crippen LogP contribution in [0.2, 0.25) is 0 Å². The van der Waals surface area contributed by atoms with Crippen molar-refractivity contribution >= 4 is 17.8 Å². The fraction of sp³-hybridized carbons (Fsp3) is 0.385. The van der Waals surface area contributed by atoms with Gasteiger partial charge in [-0.05, 0) is 82.2 Å². The molecule has 0 amide bonds. The Morgan fingerprint density at radius 3 is 1.90 bits per heavy atom. The summed E-state index contributed by atoms with van der Waals surface area (Å²) in [4.78, 5) is 24.7. The van der Waals surface area contributed by atoms with Gasteiger partial charge >= 0.3 is 5.97 Å². The average molecular weight is 425 g/mol. The summed E-state index contributed by atoms with van der Waals surface area (Å²) in [6.07, 6.45) is 5.00. The van der Waals surface area contributed by atoms with Crippen LogP contribution in [0, 0.1) is 5.41 Å². The van der Waals surface area contributed by atoms with E-state index in [9.17, 15) is 9.59 Å². The highest BCUT2D eigenvalue weighted by Crippen LogP contribution is 2.30. The molecule has 2 rings (SSSR count). The summed E-state index contributed by atoms with van der Waals surface area (Å²) in [6, 6.07) is 12.2. The van der Waals surface area contributed by atoms with Crippen LogP contribution < -0.4 is 14.2 Å². The number of rotatable bonds is 10. The van der Waals surface area contributed by atoms with Crippen LogP contribution in [0.4, 0.5) is 0 Å². The third kappa shape index (κ3) is 7.28. The zero-order chi connectivity index (χ0) is 22.9. The Bertz CT molecular complexity index is 878. The maximum atomic E-state index is 12.7. The largest absolute Gasteiger partial charge is 0.493 e. The molecule has 0 N–H and O–H groups in total. The number of carbonyl (C=O) groups excluding carboxylic acids is 2. The molecule has 5 nitrogen and oxygen atoms in total. The summed E-state index contributed by atoms with van der Waals surface area (Å²) in [5.41, 5.74) is 0.644. The van der Waals surface area contributed by atoms with E-state index in [-0.39, 0.29) is 11.8 Å². The van der Waals surface area contributed by atoms with Gasteiger partial charge in [-0.2, -0.15) is 0 Å². The van der Waals surface area contributed by atoms with Gasteiger partial charge < -0.3 is 14.2 Å². The Balaban J connectivity index is 2.19. The van der Waals surface area contributed by atoms with E-state index in [4.69, 9.17) is 14.2 Å². The number of hydrogen-bond donors (Lipinski definition) is 0. The van der Waals surface area contributed by atoms with Gasteiger partial charge in [-0.15, -0.1) is 0 Å². The third-order valence-corrected chi connectivity index (χ3v) is 4.31. The summed E-state index contributed by atoms with van der Waals surface area (Å²) >= 11 is 0. The third-order valence-electron chi connectivity index (χ3n) is 4.31. The van der Waals surface area contributed by atoms with Crippen LogP contribution in [0.3, 0.4) is 0 Å². The monoisotopic (exact) mass is 424 g/mol. The number of esters is 1. The molecule has 0 unspecified atom stereocenters. The number of carbonyl (C=O) groups is 2. The second-order valence-corrected chi connectivity index (χ2v) is 8.23. The minimum absolute atomic E-state index is 0.166. The first-order chi connectivity index (χ1) is 14.8. The van der Waals surface area contributed by atoms with Crippen molar-refractivity contribution in [1.82, 2.24) is 0 Å². The van der Waals surface area contributed by atoms with E-state index >= 15 is 0 Å². The van der Waals surface area contributed by atoms with Gasteiger partial charge in [0.1, 0.15) is 17.2 Å².